The number of anilines is 1. The second-order valence-electron chi connectivity index (χ2n) is 7.25. The summed E-state index contributed by atoms with van der Waals surface area (Å²) < 4.78 is 0. The first kappa shape index (κ1) is 25.1. The Morgan fingerprint density at radius 1 is 0.767 bits per heavy atom. The number of carboxylic acids is 1. The van der Waals surface area contributed by atoms with E-state index in [0.717, 1.165) is 19.3 Å². The molecular formula is C22H33N3O5. The van der Waals surface area contributed by atoms with Gasteiger partial charge >= 0.3 is 5.97 Å². The van der Waals surface area contributed by atoms with Crippen LogP contribution in [0.1, 0.15) is 87.9 Å². The molecule has 8 heteroatoms. The van der Waals surface area contributed by atoms with E-state index in [1.807, 2.05) is 0 Å². The van der Waals surface area contributed by atoms with Gasteiger partial charge in [-0.05, 0) is 18.6 Å². The number of carbonyl (C=O) groups is 4. The second kappa shape index (κ2) is 15.0. The molecular weight excluding hydrogens is 386 g/mol. The van der Waals surface area contributed by atoms with Gasteiger partial charge in [0.2, 0.25) is 17.7 Å². The number of nitrogens with one attached hydrogen (secondary N) is 3. The predicted octanol–water partition coefficient (Wildman–Crippen LogP) is 3.78. The van der Waals surface area contributed by atoms with Crippen molar-refractivity contribution in [1.82, 2.24) is 10.9 Å². The molecule has 0 aromatic heterocycles. The van der Waals surface area contributed by atoms with Crippen LogP contribution in [0.4, 0.5) is 5.69 Å². The Morgan fingerprint density at radius 3 is 1.97 bits per heavy atom. The van der Waals surface area contributed by atoms with E-state index in [9.17, 15) is 19.2 Å². The number of hydrogen-bond donors (Lipinski definition) is 4. The summed E-state index contributed by atoms with van der Waals surface area (Å²) in [4.78, 5) is 46.6. The summed E-state index contributed by atoms with van der Waals surface area (Å²) in [6.45, 7) is 2.20. The van der Waals surface area contributed by atoms with E-state index >= 15 is 0 Å². The maximum absolute atomic E-state index is 11.9. The molecule has 0 fully saturated rings. The second-order valence-corrected chi connectivity index (χ2v) is 7.25. The molecule has 1 aromatic rings. The highest BCUT2D eigenvalue weighted by atomic mass is 16.4. The van der Waals surface area contributed by atoms with Crippen molar-refractivity contribution in [3.05, 3.63) is 29.8 Å². The third-order valence-electron chi connectivity index (χ3n) is 4.60. The van der Waals surface area contributed by atoms with Gasteiger partial charge in [-0.1, -0.05) is 70.4 Å². The first-order valence-corrected chi connectivity index (χ1v) is 10.6. The molecule has 0 spiro atoms. The number of benzene rings is 1. The lowest BCUT2D eigenvalue weighted by Crippen LogP contribution is -2.42. The Bertz CT molecular complexity index is 706. The van der Waals surface area contributed by atoms with Crippen molar-refractivity contribution in [2.24, 2.45) is 0 Å². The average Bonchev–Trinajstić information content (AvgIpc) is 2.71. The standard InChI is InChI=1S/C22H33N3O5/c1-2-3-4-5-6-7-8-9-10-15-19(26)24-25-21(28)16-20(27)23-18-14-12-11-13-17(18)22(29)30/h11-14H,2-10,15-16H2,1H3,(H,23,27)(H,24,26)(H,25,28)(H,29,30). The molecule has 0 aliphatic carbocycles. The Kier molecular flexibility index (Phi) is 12.6. The van der Waals surface area contributed by atoms with Crippen LogP contribution in [0, 0.1) is 0 Å². The molecule has 1 aromatic carbocycles. The maximum Gasteiger partial charge on any atom is 0.337 e. The average molecular weight is 420 g/mol. The number of amides is 3. The van der Waals surface area contributed by atoms with E-state index < -0.39 is 24.2 Å². The topological polar surface area (TPSA) is 125 Å². The van der Waals surface area contributed by atoms with Crippen molar-refractivity contribution < 1.29 is 24.3 Å². The lowest BCUT2D eigenvalue weighted by Gasteiger charge is -2.09. The summed E-state index contributed by atoms with van der Waals surface area (Å²) in [7, 11) is 0. The van der Waals surface area contributed by atoms with E-state index in [2.05, 4.69) is 23.1 Å². The summed E-state index contributed by atoms with van der Waals surface area (Å²) in [5.74, 6) is -2.84. The van der Waals surface area contributed by atoms with Crippen LogP contribution in [0.2, 0.25) is 0 Å². The van der Waals surface area contributed by atoms with Gasteiger partial charge in [0.1, 0.15) is 6.42 Å². The van der Waals surface area contributed by atoms with Crippen molar-refractivity contribution >= 4 is 29.4 Å². The number of carbonyl (C=O) groups excluding carboxylic acids is 3. The molecule has 0 aliphatic heterocycles. The number of rotatable bonds is 14. The minimum absolute atomic E-state index is 0.0690. The third-order valence-corrected chi connectivity index (χ3v) is 4.60. The van der Waals surface area contributed by atoms with Crippen molar-refractivity contribution in [2.75, 3.05) is 5.32 Å². The van der Waals surface area contributed by atoms with Crippen LogP contribution in [-0.4, -0.2) is 28.8 Å². The van der Waals surface area contributed by atoms with Gasteiger partial charge in [-0.3, -0.25) is 25.2 Å². The van der Waals surface area contributed by atoms with E-state index in [1.165, 1.54) is 56.7 Å². The molecule has 0 aliphatic rings. The van der Waals surface area contributed by atoms with Gasteiger partial charge in [0, 0.05) is 6.42 Å². The molecule has 0 unspecified atom stereocenters. The molecule has 0 saturated carbocycles. The Labute approximate surface area is 177 Å². The van der Waals surface area contributed by atoms with Crippen LogP contribution in [0.15, 0.2) is 24.3 Å². The highest BCUT2D eigenvalue weighted by Crippen LogP contribution is 2.15. The fourth-order valence-corrected chi connectivity index (χ4v) is 2.96. The Hall–Kier alpha value is -2.90. The number of unbranched alkanes of at least 4 members (excludes halogenated alkanes) is 8. The molecule has 0 atom stereocenters. The van der Waals surface area contributed by atoms with Crippen molar-refractivity contribution in [3.63, 3.8) is 0 Å². The van der Waals surface area contributed by atoms with Crippen LogP contribution in [0.25, 0.3) is 0 Å². The Morgan fingerprint density at radius 2 is 1.33 bits per heavy atom. The maximum atomic E-state index is 11.9. The van der Waals surface area contributed by atoms with E-state index in [0.29, 0.717) is 6.42 Å². The lowest BCUT2D eigenvalue weighted by molar-refractivity contribution is -0.131. The summed E-state index contributed by atoms with van der Waals surface area (Å²) in [5, 5.41) is 11.5. The van der Waals surface area contributed by atoms with E-state index in [1.54, 1.807) is 6.07 Å². The Balaban J connectivity index is 2.15. The summed E-state index contributed by atoms with van der Waals surface area (Å²) in [6, 6.07) is 5.90. The highest BCUT2D eigenvalue weighted by Gasteiger charge is 2.14. The predicted molar refractivity (Wildman–Crippen MR) is 115 cm³/mol. The van der Waals surface area contributed by atoms with Crippen LogP contribution < -0.4 is 16.2 Å². The summed E-state index contributed by atoms with van der Waals surface area (Å²) in [5.41, 5.74) is 4.54. The molecule has 8 nitrogen and oxygen atoms in total. The quantitative estimate of drug-likeness (QED) is 0.207. The van der Waals surface area contributed by atoms with Gasteiger partial charge in [0.15, 0.2) is 0 Å². The van der Waals surface area contributed by atoms with Gasteiger partial charge in [0.05, 0.1) is 11.3 Å². The molecule has 1 rings (SSSR count). The monoisotopic (exact) mass is 419 g/mol. The fraction of sp³-hybridized carbons (Fsp3) is 0.545. The summed E-state index contributed by atoms with van der Waals surface area (Å²) in [6.07, 6.45) is 10.1. The minimum Gasteiger partial charge on any atom is -0.478 e. The highest BCUT2D eigenvalue weighted by molar-refractivity contribution is 6.06. The number of carboxylic acid groups (broad SMARTS) is 1. The van der Waals surface area contributed by atoms with Crippen LogP contribution >= 0.6 is 0 Å². The van der Waals surface area contributed by atoms with Gasteiger partial charge < -0.3 is 10.4 Å². The lowest BCUT2D eigenvalue weighted by atomic mass is 10.1. The summed E-state index contributed by atoms with van der Waals surface area (Å²) >= 11 is 0. The molecule has 3 amide bonds. The first-order valence-electron chi connectivity index (χ1n) is 10.6. The zero-order valence-corrected chi connectivity index (χ0v) is 17.7. The van der Waals surface area contributed by atoms with Crippen molar-refractivity contribution in [1.29, 1.82) is 0 Å². The fourth-order valence-electron chi connectivity index (χ4n) is 2.96. The first-order chi connectivity index (χ1) is 14.4. The molecule has 0 heterocycles. The molecule has 166 valence electrons. The van der Waals surface area contributed by atoms with Gasteiger partial charge in [-0.2, -0.15) is 0 Å². The number of hydrogen-bond acceptors (Lipinski definition) is 4. The normalized spacial score (nSPS) is 10.3. The molecule has 0 saturated heterocycles. The van der Waals surface area contributed by atoms with Gasteiger partial charge in [0.25, 0.3) is 0 Å². The molecule has 0 radical (unpaired) electrons. The molecule has 4 N–H and O–H groups in total. The zero-order chi connectivity index (χ0) is 22.2. The number of hydrazine groups is 1. The number of para-hydroxylation sites is 1. The third kappa shape index (κ3) is 11.2. The largest absolute Gasteiger partial charge is 0.478 e. The zero-order valence-electron chi connectivity index (χ0n) is 17.7. The van der Waals surface area contributed by atoms with Crippen LogP contribution in [-0.2, 0) is 14.4 Å². The van der Waals surface area contributed by atoms with Gasteiger partial charge in [-0.15, -0.1) is 0 Å². The SMILES string of the molecule is CCCCCCCCCCCC(=O)NNC(=O)CC(=O)Nc1ccccc1C(=O)O. The van der Waals surface area contributed by atoms with E-state index in [-0.39, 0.29) is 17.2 Å². The van der Waals surface area contributed by atoms with E-state index in [4.69, 9.17) is 5.11 Å². The molecule has 30 heavy (non-hydrogen) atoms. The van der Waals surface area contributed by atoms with Crippen molar-refractivity contribution in [2.45, 2.75) is 77.6 Å². The van der Waals surface area contributed by atoms with Crippen LogP contribution in [0.5, 0.6) is 0 Å². The number of aromatic carboxylic acids is 1. The van der Waals surface area contributed by atoms with Gasteiger partial charge in [-0.25, -0.2) is 4.79 Å². The smallest absolute Gasteiger partial charge is 0.337 e. The molecule has 0 bridgehead atoms. The van der Waals surface area contributed by atoms with Crippen molar-refractivity contribution in [3.8, 4) is 0 Å². The minimum atomic E-state index is -1.18. The van der Waals surface area contributed by atoms with Crippen LogP contribution in [0.3, 0.4) is 0 Å².